The summed E-state index contributed by atoms with van der Waals surface area (Å²) < 4.78 is 41.4. The molecule has 1 rings (SSSR count). The van der Waals surface area contributed by atoms with Crippen molar-refractivity contribution in [2.24, 2.45) is 0 Å². The SMILES string of the molecule is CO[Si](CCCN(C(=O)C(F)F)c1ccccc1)(OC)OC. The molecule has 0 aliphatic rings. The highest BCUT2D eigenvalue weighted by molar-refractivity contribution is 6.60. The van der Waals surface area contributed by atoms with Crippen molar-refractivity contribution in [1.29, 1.82) is 0 Å². The third-order valence-corrected chi connectivity index (χ3v) is 6.15. The first-order valence-corrected chi connectivity index (χ1v) is 8.73. The topological polar surface area (TPSA) is 48.0 Å². The highest BCUT2D eigenvalue weighted by Crippen LogP contribution is 2.20. The Kier molecular flexibility index (Phi) is 7.59. The molecule has 1 aromatic carbocycles. The number of carbonyl (C=O) groups excluding carboxylic acids is 1. The van der Waals surface area contributed by atoms with Crippen LogP contribution in [0.1, 0.15) is 6.42 Å². The van der Waals surface area contributed by atoms with Crippen molar-refractivity contribution < 1.29 is 26.9 Å². The minimum atomic E-state index is -3.05. The molecule has 1 aromatic rings. The van der Waals surface area contributed by atoms with E-state index in [0.717, 1.165) is 4.90 Å². The Labute approximate surface area is 130 Å². The van der Waals surface area contributed by atoms with Crippen molar-refractivity contribution in [2.75, 3.05) is 32.8 Å². The van der Waals surface area contributed by atoms with Gasteiger partial charge in [-0.25, -0.2) is 0 Å². The van der Waals surface area contributed by atoms with Crippen molar-refractivity contribution in [1.82, 2.24) is 0 Å². The Hall–Kier alpha value is -1.35. The molecule has 0 atom stereocenters. The molecule has 0 spiro atoms. The van der Waals surface area contributed by atoms with Gasteiger partial charge >= 0.3 is 15.2 Å². The largest absolute Gasteiger partial charge is 0.500 e. The monoisotopic (exact) mass is 333 g/mol. The molecule has 0 bridgehead atoms. The number of benzene rings is 1. The molecule has 0 N–H and O–H groups in total. The van der Waals surface area contributed by atoms with Crippen LogP contribution in [0.25, 0.3) is 0 Å². The van der Waals surface area contributed by atoms with E-state index >= 15 is 0 Å². The lowest BCUT2D eigenvalue weighted by atomic mass is 10.2. The third-order valence-electron chi connectivity index (χ3n) is 3.32. The van der Waals surface area contributed by atoms with Gasteiger partial charge in [0.25, 0.3) is 5.91 Å². The molecule has 5 nitrogen and oxygen atoms in total. The van der Waals surface area contributed by atoms with Crippen LogP contribution in [0, 0.1) is 0 Å². The van der Waals surface area contributed by atoms with Gasteiger partial charge in [0.1, 0.15) is 0 Å². The van der Waals surface area contributed by atoms with Gasteiger partial charge in [-0.3, -0.25) is 4.79 Å². The van der Waals surface area contributed by atoms with Crippen LogP contribution in [0.3, 0.4) is 0 Å². The van der Waals surface area contributed by atoms with Gasteiger partial charge in [-0.1, -0.05) is 18.2 Å². The van der Waals surface area contributed by atoms with E-state index in [1.165, 1.54) is 21.3 Å². The Bertz CT molecular complexity index is 449. The first-order chi connectivity index (χ1) is 10.5. The molecule has 0 radical (unpaired) electrons. The van der Waals surface area contributed by atoms with Gasteiger partial charge in [0.2, 0.25) is 0 Å². The summed E-state index contributed by atoms with van der Waals surface area (Å²) in [5.74, 6) is -1.22. The lowest BCUT2D eigenvalue weighted by molar-refractivity contribution is -0.129. The number of para-hydroxylation sites is 1. The van der Waals surface area contributed by atoms with Crippen LogP contribution in [-0.4, -0.2) is 49.0 Å². The second-order valence-electron chi connectivity index (χ2n) is 4.53. The molecule has 0 aromatic heterocycles. The van der Waals surface area contributed by atoms with Crippen molar-refractivity contribution in [3.05, 3.63) is 30.3 Å². The van der Waals surface area contributed by atoms with E-state index in [1.54, 1.807) is 30.3 Å². The number of rotatable bonds is 9. The minimum Gasteiger partial charge on any atom is -0.377 e. The van der Waals surface area contributed by atoms with Crippen LogP contribution in [0.4, 0.5) is 14.5 Å². The molecule has 0 aliphatic carbocycles. The number of hydrogen-bond acceptors (Lipinski definition) is 4. The zero-order valence-corrected chi connectivity index (χ0v) is 13.9. The summed E-state index contributed by atoms with van der Waals surface area (Å²) in [5, 5.41) is 0. The quantitative estimate of drug-likeness (QED) is 0.652. The summed E-state index contributed by atoms with van der Waals surface area (Å²) >= 11 is 0. The second kappa shape index (κ2) is 8.94. The molecular weight excluding hydrogens is 312 g/mol. The smallest absolute Gasteiger partial charge is 0.377 e. The molecule has 22 heavy (non-hydrogen) atoms. The van der Waals surface area contributed by atoms with Crippen molar-refractivity contribution in [3.63, 3.8) is 0 Å². The highest BCUT2D eigenvalue weighted by Gasteiger charge is 2.37. The number of amides is 1. The Morgan fingerprint density at radius 1 is 1.14 bits per heavy atom. The van der Waals surface area contributed by atoms with Gasteiger partial charge in [0, 0.05) is 39.6 Å². The lowest BCUT2D eigenvalue weighted by Gasteiger charge is -2.27. The summed E-state index contributed by atoms with van der Waals surface area (Å²) in [6.45, 7) is 0.137. The molecule has 0 fully saturated rings. The fourth-order valence-corrected chi connectivity index (χ4v) is 3.81. The molecule has 0 heterocycles. The Morgan fingerprint density at radius 2 is 1.68 bits per heavy atom. The molecule has 0 aliphatic heterocycles. The molecule has 124 valence electrons. The summed E-state index contributed by atoms with van der Waals surface area (Å²) in [7, 11) is 1.68. The van der Waals surface area contributed by atoms with E-state index in [9.17, 15) is 13.6 Å². The van der Waals surface area contributed by atoms with Crippen LogP contribution in [0.2, 0.25) is 6.04 Å². The maximum atomic E-state index is 12.8. The molecular formula is C14H21F2NO4Si. The summed E-state index contributed by atoms with van der Waals surface area (Å²) in [6, 6.07) is 8.81. The van der Waals surface area contributed by atoms with E-state index in [0.29, 0.717) is 18.2 Å². The van der Waals surface area contributed by atoms with Gasteiger partial charge in [-0.2, -0.15) is 8.78 Å². The van der Waals surface area contributed by atoms with Gasteiger partial charge < -0.3 is 18.2 Å². The molecule has 1 amide bonds. The maximum Gasteiger partial charge on any atom is 0.500 e. The van der Waals surface area contributed by atoms with Gasteiger partial charge in [-0.15, -0.1) is 0 Å². The fraction of sp³-hybridized carbons (Fsp3) is 0.500. The summed E-state index contributed by atoms with van der Waals surface area (Å²) in [5.41, 5.74) is 0.437. The van der Waals surface area contributed by atoms with Gasteiger partial charge in [0.05, 0.1) is 0 Å². The number of carbonyl (C=O) groups is 1. The third kappa shape index (κ3) is 4.84. The molecule has 0 saturated heterocycles. The standard InChI is InChI=1S/C14H21F2NO4Si/c1-19-22(20-2,21-3)11-7-10-17(14(18)13(15)16)12-8-5-4-6-9-12/h4-6,8-9,13H,7,10-11H2,1-3H3. The van der Waals surface area contributed by atoms with E-state index in [4.69, 9.17) is 13.3 Å². The van der Waals surface area contributed by atoms with E-state index in [-0.39, 0.29) is 6.54 Å². The normalized spacial score (nSPS) is 11.7. The predicted octanol–water partition coefficient (Wildman–Crippen LogP) is 2.55. The van der Waals surface area contributed by atoms with E-state index in [1.807, 2.05) is 0 Å². The average Bonchev–Trinajstić information content (AvgIpc) is 2.56. The zero-order chi connectivity index (χ0) is 16.6. The maximum absolute atomic E-state index is 12.8. The summed E-state index contributed by atoms with van der Waals surface area (Å²) in [6.07, 6.45) is -2.62. The minimum absolute atomic E-state index is 0.137. The van der Waals surface area contributed by atoms with Crippen LogP contribution in [0.5, 0.6) is 0 Å². The lowest BCUT2D eigenvalue weighted by Crippen LogP contribution is -2.44. The fourth-order valence-electron chi connectivity index (χ4n) is 2.10. The average molecular weight is 333 g/mol. The number of hydrogen-bond donors (Lipinski definition) is 0. The zero-order valence-electron chi connectivity index (χ0n) is 12.9. The van der Waals surface area contributed by atoms with Crippen LogP contribution < -0.4 is 4.90 Å². The second-order valence-corrected chi connectivity index (χ2v) is 7.62. The van der Waals surface area contributed by atoms with Crippen molar-refractivity contribution in [3.8, 4) is 0 Å². The Balaban J connectivity index is 2.77. The van der Waals surface area contributed by atoms with Crippen LogP contribution in [0.15, 0.2) is 30.3 Å². The van der Waals surface area contributed by atoms with Crippen molar-refractivity contribution >= 4 is 20.4 Å². The Morgan fingerprint density at radius 3 is 2.14 bits per heavy atom. The number of nitrogens with zero attached hydrogens (tertiary/aromatic N) is 1. The van der Waals surface area contributed by atoms with Gasteiger partial charge in [0.15, 0.2) is 0 Å². The molecule has 0 unspecified atom stereocenters. The highest BCUT2D eigenvalue weighted by atomic mass is 28.4. The first-order valence-electron chi connectivity index (χ1n) is 6.79. The molecule has 0 saturated carbocycles. The molecule has 8 heteroatoms. The number of alkyl halides is 2. The summed E-state index contributed by atoms with van der Waals surface area (Å²) in [4.78, 5) is 12.8. The predicted molar refractivity (Wildman–Crippen MR) is 81.0 cm³/mol. The van der Waals surface area contributed by atoms with Crippen LogP contribution in [-0.2, 0) is 18.1 Å². The number of anilines is 1. The van der Waals surface area contributed by atoms with E-state index in [2.05, 4.69) is 0 Å². The van der Waals surface area contributed by atoms with E-state index < -0.39 is 21.1 Å². The number of halogens is 2. The van der Waals surface area contributed by atoms with Crippen molar-refractivity contribution in [2.45, 2.75) is 18.9 Å². The first kappa shape index (κ1) is 18.7. The van der Waals surface area contributed by atoms with Crippen LogP contribution >= 0.6 is 0 Å². The van der Waals surface area contributed by atoms with Gasteiger partial charge in [-0.05, 0) is 18.6 Å².